The third kappa shape index (κ3) is 19.2. The Hall–Kier alpha value is -0.780. The molecule has 0 aliphatic heterocycles. The van der Waals surface area contributed by atoms with Gasteiger partial charge in [0.15, 0.2) is 0 Å². The zero-order valence-corrected chi connectivity index (χ0v) is 15.0. The molecule has 0 atom stereocenters. The first-order valence-corrected chi connectivity index (χ1v) is 9.01. The average Bonchev–Trinajstić information content (AvgIpc) is 2.42. The van der Waals surface area contributed by atoms with E-state index in [1.165, 1.54) is 51.4 Å². The van der Waals surface area contributed by atoms with Gasteiger partial charge in [-0.15, -0.1) is 0 Å². The lowest BCUT2D eigenvalue weighted by molar-refractivity contribution is 0.357. The summed E-state index contributed by atoms with van der Waals surface area (Å²) >= 11 is 0. The summed E-state index contributed by atoms with van der Waals surface area (Å²) in [5, 5.41) is 0. The molecule has 0 aromatic heterocycles. The van der Waals surface area contributed by atoms with Crippen molar-refractivity contribution in [3.63, 3.8) is 0 Å². The number of rotatable bonds is 12. The fraction of sp³-hybridized carbons (Fsp3) is 0.714. The van der Waals surface area contributed by atoms with Gasteiger partial charge in [0.2, 0.25) is 0 Å². The second-order valence-electron chi connectivity index (χ2n) is 7.15. The zero-order valence-electron chi connectivity index (χ0n) is 15.0. The maximum Gasteiger partial charge on any atom is -0.0169 e. The highest BCUT2D eigenvalue weighted by molar-refractivity contribution is 4.93. The molecule has 0 aliphatic carbocycles. The van der Waals surface area contributed by atoms with Crippen LogP contribution in [0.5, 0.6) is 0 Å². The first-order valence-electron chi connectivity index (χ1n) is 9.01. The Bertz CT molecular complexity index is 286. The highest BCUT2D eigenvalue weighted by Gasteiger charge is 2.08. The van der Waals surface area contributed by atoms with Crippen LogP contribution in [0.4, 0.5) is 0 Å². The molecule has 122 valence electrons. The van der Waals surface area contributed by atoms with Gasteiger partial charge in [-0.25, -0.2) is 0 Å². The van der Waals surface area contributed by atoms with Crippen molar-refractivity contribution in [1.29, 1.82) is 0 Å². The molecule has 0 unspecified atom stereocenters. The van der Waals surface area contributed by atoms with Crippen molar-refractivity contribution in [3.8, 4) is 0 Å². The molecule has 0 saturated carbocycles. The van der Waals surface area contributed by atoms with E-state index in [1.807, 2.05) is 0 Å². The Morgan fingerprint density at radius 3 is 1.86 bits per heavy atom. The predicted octanol–water partition coefficient (Wildman–Crippen LogP) is 7.62. The molecular formula is C21H38. The highest BCUT2D eigenvalue weighted by atomic mass is 14.1. The second-order valence-corrected chi connectivity index (χ2v) is 7.15. The summed E-state index contributed by atoms with van der Waals surface area (Å²) in [6.45, 7) is 9.19. The fourth-order valence-corrected chi connectivity index (χ4v) is 2.25. The summed E-state index contributed by atoms with van der Waals surface area (Å²) < 4.78 is 0. The third-order valence-corrected chi connectivity index (χ3v) is 3.56. The van der Waals surface area contributed by atoms with Crippen LogP contribution in [-0.4, -0.2) is 0 Å². The SMILES string of the molecule is CC/C=C\C/C=C\CC/C=C\CCCCCCC(C)(C)C. The van der Waals surface area contributed by atoms with Crippen molar-refractivity contribution in [2.75, 3.05) is 0 Å². The zero-order chi connectivity index (χ0) is 15.8. The molecule has 0 rings (SSSR count). The van der Waals surface area contributed by atoms with Crippen molar-refractivity contribution in [2.45, 2.75) is 91.9 Å². The van der Waals surface area contributed by atoms with Crippen LogP contribution in [0.3, 0.4) is 0 Å². The van der Waals surface area contributed by atoms with Crippen LogP contribution < -0.4 is 0 Å². The molecule has 21 heavy (non-hydrogen) atoms. The van der Waals surface area contributed by atoms with Gasteiger partial charge in [0, 0.05) is 0 Å². The number of allylic oxidation sites excluding steroid dienone is 6. The monoisotopic (exact) mass is 290 g/mol. The normalized spacial score (nSPS) is 13.1. The van der Waals surface area contributed by atoms with Gasteiger partial charge in [0.1, 0.15) is 0 Å². The lowest BCUT2D eigenvalue weighted by atomic mass is 9.89. The maximum atomic E-state index is 2.37. The van der Waals surface area contributed by atoms with Crippen LogP contribution in [0.15, 0.2) is 36.5 Å². The van der Waals surface area contributed by atoms with Crippen LogP contribution in [0.1, 0.15) is 91.9 Å². The largest absolute Gasteiger partial charge is 0.0885 e. The summed E-state index contributed by atoms with van der Waals surface area (Å²) in [5.74, 6) is 0. The van der Waals surface area contributed by atoms with Crippen LogP contribution in [0, 0.1) is 5.41 Å². The van der Waals surface area contributed by atoms with Gasteiger partial charge in [-0.3, -0.25) is 0 Å². The summed E-state index contributed by atoms with van der Waals surface area (Å²) in [6, 6.07) is 0. The quantitative estimate of drug-likeness (QED) is 0.256. The van der Waals surface area contributed by atoms with Gasteiger partial charge in [0.05, 0.1) is 0 Å². The average molecular weight is 291 g/mol. The molecule has 0 heteroatoms. The molecule has 0 aromatic rings. The molecule has 0 aromatic carbocycles. The van der Waals surface area contributed by atoms with E-state index in [1.54, 1.807) is 0 Å². The smallest absolute Gasteiger partial charge is 0.0169 e. The number of hydrogen-bond acceptors (Lipinski definition) is 0. The number of hydrogen-bond donors (Lipinski definition) is 0. The van der Waals surface area contributed by atoms with Crippen LogP contribution in [0.25, 0.3) is 0 Å². The summed E-state index contributed by atoms with van der Waals surface area (Å²) in [7, 11) is 0. The van der Waals surface area contributed by atoms with Crippen molar-refractivity contribution in [3.05, 3.63) is 36.5 Å². The topological polar surface area (TPSA) is 0 Å². The van der Waals surface area contributed by atoms with E-state index in [0.29, 0.717) is 5.41 Å². The Balaban J connectivity index is 3.28. The van der Waals surface area contributed by atoms with E-state index < -0.39 is 0 Å². The van der Waals surface area contributed by atoms with Gasteiger partial charge in [-0.05, 0) is 50.4 Å². The Morgan fingerprint density at radius 2 is 1.19 bits per heavy atom. The van der Waals surface area contributed by atoms with Crippen LogP contribution in [0.2, 0.25) is 0 Å². The molecule has 0 aliphatic rings. The van der Waals surface area contributed by atoms with Crippen LogP contribution >= 0.6 is 0 Å². The molecule has 0 amide bonds. The molecule has 0 spiro atoms. The lowest BCUT2D eigenvalue weighted by Gasteiger charge is -2.17. The summed E-state index contributed by atoms with van der Waals surface area (Å²) in [4.78, 5) is 0. The van der Waals surface area contributed by atoms with E-state index >= 15 is 0 Å². The van der Waals surface area contributed by atoms with Gasteiger partial charge in [0.25, 0.3) is 0 Å². The van der Waals surface area contributed by atoms with Crippen molar-refractivity contribution >= 4 is 0 Å². The van der Waals surface area contributed by atoms with Crippen LogP contribution in [-0.2, 0) is 0 Å². The minimum atomic E-state index is 0.514. The van der Waals surface area contributed by atoms with E-state index in [2.05, 4.69) is 64.2 Å². The summed E-state index contributed by atoms with van der Waals surface area (Å²) in [6.07, 6.45) is 26.5. The van der Waals surface area contributed by atoms with Gasteiger partial charge < -0.3 is 0 Å². The van der Waals surface area contributed by atoms with Gasteiger partial charge in [-0.2, -0.15) is 0 Å². The second kappa shape index (κ2) is 14.2. The first kappa shape index (κ1) is 20.2. The molecule has 0 heterocycles. The summed E-state index contributed by atoms with van der Waals surface area (Å²) in [5.41, 5.74) is 0.514. The molecule has 0 N–H and O–H groups in total. The van der Waals surface area contributed by atoms with E-state index in [0.717, 1.165) is 12.8 Å². The highest BCUT2D eigenvalue weighted by Crippen LogP contribution is 2.22. The standard InChI is InChI=1S/C21H38/c1-5-6-7-8-9-10-11-12-13-14-15-16-17-18-19-20-21(2,3)4/h6-7,9-10,13-14H,5,8,11-12,15-20H2,1-4H3/b7-6-,10-9-,14-13-. The van der Waals surface area contributed by atoms with Crippen molar-refractivity contribution < 1.29 is 0 Å². The minimum absolute atomic E-state index is 0.514. The van der Waals surface area contributed by atoms with E-state index in [9.17, 15) is 0 Å². The fourth-order valence-electron chi connectivity index (χ4n) is 2.25. The Labute approximate surface area is 134 Å². The van der Waals surface area contributed by atoms with Gasteiger partial charge >= 0.3 is 0 Å². The lowest BCUT2D eigenvalue weighted by Crippen LogP contribution is -2.03. The Morgan fingerprint density at radius 1 is 0.619 bits per heavy atom. The Kier molecular flexibility index (Phi) is 13.6. The molecule has 0 nitrogen and oxygen atoms in total. The predicted molar refractivity (Wildman–Crippen MR) is 98.7 cm³/mol. The maximum absolute atomic E-state index is 2.37. The van der Waals surface area contributed by atoms with Crippen molar-refractivity contribution in [2.24, 2.45) is 5.41 Å². The minimum Gasteiger partial charge on any atom is -0.0885 e. The first-order chi connectivity index (χ1) is 10.1. The van der Waals surface area contributed by atoms with Crippen molar-refractivity contribution in [1.82, 2.24) is 0 Å². The molecule has 0 fully saturated rings. The third-order valence-electron chi connectivity index (χ3n) is 3.56. The molecule has 0 saturated heterocycles. The van der Waals surface area contributed by atoms with Gasteiger partial charge in [-0.1, -0.05) is 83.4 Å². The molecular weight excluding hydrogens is 252 g/mol. The molecule has 0 radical (unpaired) electrons. The number of unbranched alkanes of at least 4 members (excludes halogenated alkanes) is 5. The molecule has 0 bridgehead atoms. The van der Waals surface area contributed by atoms with E-state index in [4.69, 9.17) is 0 Å². The van der Waals surface area contributed by atoms with E-state index in [-0.39, 0.29) is 0 Å².